The molecule has 4 aromatic carbocycles. The summed E-state index contributed by atoms with van der Waals surface area (Å²) in [6, 6.07) is 29.7. The number of hydrogen-bond donors (Lipinski definition) is 1. The lowest BCUT2D eigenvalue weighted by atomic mass is 10.0. The van der Waals surface area contributed by atoms with Crippen molar-refractivity contribution in [1.82, 2.24) is 4.57 Å². The number of aromatic nitrogens is 1. The van der Waals surface area contributed by atoms with E-state index in [1.807, 2.05) is 42.5 Å². The van der Waals surface area contributed by atoms with Gasteiger partial charge in [-0.25, -0.2) is 0 Å². The molecule has 0 unspecified atom stereocenters. The van der Waals surface area contributed by atoms with Gasteiger partial charge in [0.25, 0.3) is 0 Å². The van der Waals surface area contributed by atoms with Crippen molar-refractivity contribution in [3.05, 3.63) is 99.6 Å². The van der Waals surface area contributed by atoms with Gasteiger partial charge in [-0.1, -0.05) is 30.3 Å². The Labute approximate surface area is 199 Å². The molecule has 157 valence electrons. The lowest BCUT2D eigenvalue weighted by Crippen LogP contribution is -2.11. The van der Waals surface area contributed by atoms with Crippen LogP contribution in [0.25, 0.3) is 32.9 Å². The average molecular weight is 531 g/mol. The molecule has 1 aromatic heterocycles. The van der Waals surface area contributed by atoms with Gasteiger partial charge in [0.2, 0.25) is 5.91 Å². The number of amides is 1. The van der Waals surface area contributed by atoms with Crippen molar-refractivity contribution in [3.63, 3.8) is 0 Å². The highest BCUT2D eigenvalue weighted by Crippen LogP contribution is 2.35. The molecule has 0 atom stereocenters. The molecule has 0 bridgehead atoms. The lowest BCUT2D eigenvalue weighted by Gasteiger charge is -2.10. The van der Waals surface area contributed by atoms with Crippen molar-refractivity contribution in [3.8, 4) is 16.9 Å². The second kappa shape index (κ2) is 8.31. The molecule has 0 aliphatic heterocycles. The molecule has 5 rings (SSSR count). The third kappa shape index (κ3) is 3.62. The quantitative estimate of drug-likeness (QED) is 0.282. The van der Waals surface area contributed by atoms with Crippen molar-refractivity contribution in [2.45, 2.75) is 6.54 Å². The molecule has 0 aliphatic rings. The van der Waals surface area contributed by atoms with Crippen LogP contribution in [0.15, 0.2) is 78.9 Å². The number of nitrogens with two attached hydrogens (primary N) is 1. The predicted molar refractivity (Wildman–Crippen MR) is 137 cm³/mol. The molecule has 32 heavy (non-hydrogen) atoms. The van der Waals surface area contributed by atoms with E-state index in [2.05, 4.69) is 63.6 Å². The van der Waals surface area contributed by atoms with Gasteiger partial charge in [0, 0.05) is 26.5 Å². The molecule has 0 fully saturated rings. The zero-order valence-electron chi connectivity index (χ0n) is 17.4. The Balaban J connectivity index is 1.76. The van der Waals surface area contributed by atoms with E-state index in [1.165, 1.54) is 9.13 Å². The van der Waals surface area contributed by atoms with Gasteiger partial charge in [0.05, 0.1) is 18.1 Å². The smallest absolute Gasteiger partial charge is 0.249 e. The van der Waals surface area contributed by atoms with E-state index in [4.69, 9.17) is 10.5 Å². The fraction of sp³-hybridized carbons (Fsp3) is 0.0741. The van der Waals surface area contributed by atoms with Gasteiger partial charge in [0.15, 0.2) is 0 Å². The van der Waals surface area contributed by atoms with Crippen LogP contribution in [0.3, 0.4) is 0 Å². The van der Waals surface area contributed by atoms with E-state index in [0.29, 0.717) is 12.1 Å². The number of rotatable bonds is 5. The maximum absolute atomic E-state index is 12.2. The van der Waals surface area contributed by atoms with Gasteiger partial charge in [-0.2, -0.15) is 0 Å². The summed E-state index contributed by atoms with van der Waals surface area (Å²) in [4.78, 5) is 12.2. The number of ether oxygens (including phenoxy) is 1. The van der Waals surface area contributed by atoms with Gasteiger partial charge in [-0.15, -0.1) is 0 Å². The Bertz CT molecular complexity index is 1470. The summed E-state index contributed by atoms with van der Waals surface area (Å²) in [5, 5.41) is 1.75. The second-order valence-electron chi connectivity index (χ2n) is 7.66. The van der Waals surface area contributed by atoms with Crippen molar-refractivity contribution in [2.24, 2.45) is 5.73 Å². The summed E-state index contributed by atoms with van der Waals surface area (Å²) in [5.41, 5.74) is 11.5. The normalized spacial score (nSPS) is 11.2. The van der Waals surface area contributed by atoms with E-state index < -0.39 is 5.91 Å². The minimum atomic E-state index is -0.434. The SMILES string of the molecule is COc1ccc(-c2c[c]c3c4c(C(N)=O)cccc4n(Cc4cccc(I)c4)c3c2)cc1. The van der Waals surface area contributed by atoms with Gasteiger partial charge in [-0.3, -0.25) is 4.79 Å². The van der Waals surface area contributed by atoms with Crippen LogP contribution >= 0.6 is 22.6 Å². The lowest BCUT2D eigenvalue weighted by molar-refractivity contribution is 0.100. The topological polar surface area (TPSA) is 57.2 Å². The van der Waals surface area contributed by atoms with E-state index in [-0.39, 0.29) is 0 Å². The molecule has 0 saturated carbocycles. The monoisotopic (exact) mass is 531 g/mol. The fourth-order valence-corrected chi connectivity index (χ4v) is 4.81. The average Bonchev–Trinajstić information content (AvgIpc) is 3.12. The first-order valence-electron chi connectivity index (χ1n) is 10.2. The van der Waals surface area contributed by atoms with Crippen molar-refractivity contribution < 1.29 is 9.53 Å². The minimum absolute atomic E-state index is 0.434. The molecule has 2 N–H and O–H groups in total. The Morgan fingerprint density at radius 2 is 1.78 bits per heavy atom. The fourth-order valence-electron chi connectivity index (χ4n) is 4.20. The molecule has 0 aliphatic carbocycles. The van der Waals surface area contributed by atoms with E-state index in [0.717, 1.165) is 38.7 Å². The highest BCUT2D eigenvalue weighted by molar-refractivity contribution is 14.1. The highest BCUT2D eigenvalue weighted by atomic mass is 127. The predicted octanol–water partition coefficient (Wildman–Crippen LogP) is 6.02. The first-order chi connectivity index (χ1) is 15.5. The Morgan fingerprint density at radius 3 is 2.50 bits per heavy atom. The maximum Gasteiger partial charge on any atom is 0.249 e. The first kappa shape index (κ1) is 20.6. The molecule has 5 heteroatoms. The number of nitrogens with zero attached hydrogens (tertiary/aromatic N) is 1. The van der Waals surface area contributed by atoms with Crippen LogP contribution in [-0.4, -0.2) is 17.6 Å². The van der Waals surface area contributed by atoms with E-state index >= 15 is 0 Å². The number of hydrogen-bond acceptors (Lipinski definition) is 2. The summed E-state index contributed by atoms with van der Waals surface area (Å²) >= 11 is 2.33. The number of primary amides is 1. The van der Waals surface area contributed by atoms with Crippen molar-refractivity contribution >= 4 is 50.3 Å². The van der Waals surface area contributed by atoms with E-state index in [1.54, 1.807) is 13.2 Å². The van der Waals surface area contributed by atoms with Crippen LogP contribution in [0, 0.1) is 9.64 Å². The number of fused-ring (bicyclic) bond motifs is 3. The Morgan fingerprint density at radius 1 is 1.00 bits per heavy atom. The number of methoxy groups -OCH3 is 1. The Hall–Kier alpha value is -3.32. The molecule has 0 spiro atoms. The summed E-state index contributed by atoms with van der Waals surface area (Å²) in [6.45, 7) is 0.680. The van der Waals surface area contributed by atoms with Gasteiger partial charge < -0.3 is 15.0 Å². The summed E-state index contributed by atoms with van der Waals surface area (Å²) in [5.74, 6) is 0.384. The zero-order chi connectivity index (χ0) is 22.2. The summed E-state index contributed by atoms with van der Waals surface area (Å²) in [7, 11) is 1.66. The molecule has 1 heterocycles. The van der Waals surface area contributed by atoms with Gasteiger partial charge in [0.1, 0.15) is 5.75 Å². The van der Waals surface area contributed by atoms with Gasteiger partial charge in [-0.05, 0) is 93.9 Å². The third-order valence-electron chi connectivity index (χ3n) is 5.71. The van der Waals surface area contributed by atoms with E-state index in [9.17, 15) is 4.79 Å². The van der Waals surface area contributed by atoms with Crippen LogP contribution in [0.1, 0.15) is 15.9 Å². The third-order valence-corrected chi connectivity index (χ3v) is 6.38. The first-order valence-corrected chi connectivity index (χ1v) is 11.3. The number of benzene rings is 4. The van der Waals surface area contributed by atoms with Crippen molar-refractivity contribution in [2.75, 3.05) is 7.11 Å². The minimum Gasteiger partial charge on any atom is -0.497 e. The Kier molecular flexibility index (Phi) is 5.35. The molecule has 5 aromatic rings. The highest BCUT2D eigenvalue weighted by Gasteiger charge is 2.17. The number of carbonyl (C=O) groups is 1. The summed E-state index contributed by atoms with van der Waals surface area (Å²) in [6.07, 6.45) is 0. The van der Waals surface area contributed by atoms with Crippen LogP contribution in [-0.2, 0) is 6.54 Å². The summed E-state index contributed by atoms with van der Waals surface area (Å²) < 4.78 is 8.72. The number of carbonyl (C=O) groups excluding carboxylic acids is 1. The molecular formula is C27H20IN2O2. The molecule has 1 radical (unpaired) electrons. The largest absolute Gasteiger partial charge is 0.497 e. The zero-order valence-corrected chi connectivity index (χ0v) is 19.6. The molecule has 0 saturated heterocycles. The standard InChI is InChI=1S/C27H20IN2O2/c1-32-21-11-8-18(9-12-21)19-10-13-22-25(15-19)30(16-17-4-2-5-20(28)14-17)24-7-3-6-23(26(22)24)27(29)31/h2-12,14-15H,16H2,1H3,(H2,29,31). The maximum atomic E-state index is 12.2. The van der Waals surface area contributed by atoms with Crippen molar-refractivity contribution in [1.29, 1.82) is 0 Å². The van der Waals surface area contributed by atoms with Crippen LogP contribution in [0.5, 0.6) is 5.75 Å². The van der Waals surface area contributed by atoms with Gasteiger partial charge >= 0.3 is 0 Å². The number of halogens is 1. The van der Waals surface area contributed by atoms with Crippen LogP contribution in [0.2, 0.25) is 0 Å². The molecule has 4 nitrogen and oxygen atoms in total. The molecular weight excluding hydrogens is 511 g/mol. The molecule has 1 amide bonds. The van der Waals surface area contributed by atoms with Crippen LogP contribution < -0.4 is 10.5 Å². The van der Waals surface area contributed by atoms with Crippen LogP contribution in [0.4, 0.5) is 0 Å². The second-order valence-corrected chi connectivity index (χ2v) is 8.90.